The van der Waals surface area contributed by atoms with E-state index >= 15 is 0 Å². The fourth-order valence-corrected chi connectivity index (χ4v) is 4.36. The van der Waals surface area contributed by atoms with E-state index in [0.717, 1.165) is 64.4 Å². The van der Waals surface area contributed by atoms with Crippen LogP contribution in [-0.4, -0.2) is 31.7 Å². The van der Waals surface area contributed by atoms with Gasteiger partial charge in [0.25, 0.3) is 5.91 Å². The number of halogens is 1. The molecule has 0 unspecified atom stereocenters. The Hall–Kier alpha value is -2.79. The van der Waals surface area contributed by atoms with E-state index in [9.17, 15) is 4.79 Å². The van der Waals surface area contributed by atoms with E-state index in [1.54, 1.807) is 14.2 Å². The fourth-order valence-electron chi connectivity index (χ4n) is 4.00. The maximum atomic E-state index is 12.7. The summed E-state index contributed by atoms with van der Waals surface area (Å²) in [5, 5.41) is 4.68. The van der Waals surface area contributed by atoms with Gasteiger partial charge in [0.2, 0.25) is 0 Å². The van der Waals surface area contributed by atoms with Gasteiger partial charge in [0, 0.05) is 23.2 Å². The molecule has 0 aliphatic heterocycles. The molecule has 0 saturated heterocycles. The molecular weight excluding hydrogens is 400 g/mol. The van der Waals surface area contributed by atoms with Gasteiger partial charge in [0.05, 0.1) is 24.8 Å². The van der Waals surface area contributed by atoms with E-state index in [1.807, 2.05) is 36.4 Å². The number of nitrogens with zero attached hydrogens (tertiary/aromatic N) is 1. The molecule has 1 amide bonds. The van der Waals surface area contributed by atoms with Crippen molar-refractivity contribution in [3.63, 3.8) is 0 Å². The normalized spacial score (nSPS) is 13.0. The lowest BCUT2D eigenvalue weighted by atomic mass is 9.94. The molecule has 1 N–H and O–H groups in total. The van der Waals surface area contributed by atoms with Crippen LogP contribution in [0, 0.1) is 0 Å². The van der Waals surface area contributed by atoms with Gasteiger partial charge in [-0.3, -0.25) is 9.78 Å². The molecule has 1 aliphatic carbocycles. The van der Waals surface area contributed by atoms with Crippen molar-refractivity contribution in [1.82, 2.24) is 10.3 Å². The molecule has 156 valence electrons. The molecule has 0 fully saturated rings. The first-order valence-corrected chi connectivity index (χ1v) is 10.6. The van der Waals surface area contributed by atoms with E-state index in [1.165, 1.54) is 5.56 Å². The predicted molar refractivity (Wildman–Crippen MR) is 119 cm³/mol. The number of methoxy groups -OCH3 is 2. The highest BCUT2D eigenvalue weighted by Gasteiger charge is 2.18. The summed E-state index contributed by atoms with van der Waals surface area (Å²) >= 11 is 6.63. The molecule has 30 heavy (non-hydrogen) atoms. The number of nitrogens with one attached hydrogen (secondary N) is 1. The summed E-state index contributed by atoms with van der Waals surface area (Å²) in [6.07, 6.45) is 4.85. The quantitative estimate of drug-likeness (QED) is 0.620. The van der Waals surface area contributed by atoms with Crippen molar-refractivity contribution in [3.05, 3.63) is 63.8 Å². The number of amides is 1. The van der Waals surface area contributed by atoms with E-state index < -0.39 is 0 Å². The number of carbonyl (C=O) groups is 1. The van der Waals surface area contributed by atoms with Crippen molar-refractivity contribution < 1.29 is 14.3 Å². The number of carbonyl (C=O) groups excluding carboxylic acids is 1. The van der Waals surface area contributed by atoms with Crippen LogP contribution in [0.15, 0.2) is 36.4 Å². The minimum atomic E-state index is -0.130. The Morgan fingerprint density at radius 2 is 1.93 bits per heavy atom. The molecule has 6 heteroatoms. The highest BCUT2D eigenvalue weighted by atomic mass is 35.5. The zero-order chi connectivity index (χ0) is 21.1. The molecule has 3 aromatic rings. The van der Waals surface area contributed by atoms with Gasteiger partial charge in [-0.2, -0.15) is 0 Å². The van der Waals surface area contributed by atoms with Crippen molar-refractivity contribution in [2.75, 3.05) is 20.8 Å². The van der Waals surface area contributed by atoms with Crippen LogP contribution in [0.4, 0.5) is 0 Å². The van der Waals surface area contributed by atoms with Gasteiger partial charge in [-0.15, -0.1) is 0 Å². The number of hydrogen-bond donors (Lipinski definition) is 1. The van der Waals surface area contributed by atoms with E-state index in [2.05, 4.69) is 5.32 Å². The summed E-state index contributed by atoms with van der Waals surface area (Å²) in [6, 6.07) is 11.2. The lowest BCUT2D eigenvalue weighted by Crippen LogP contribution is -2.25. The number of aryl methyl sites for hydroxylation is 1. The average molecular weight is 425 g/mol. The summed E-state index contributed by atoms with van der Waals surface area (Å²) in [6.45, 7) is 0.485. The molecule has 1 heterocycles. The standard InChI is InChI=1S/C24H25ClN2O3/c1-29-17-8-10-22(30-2)15(13-17)11-12-26-24(28)16-7-9-19-21(14-16)27-20-6-4-3-5-18(20)23(19)25/h7-10,13-14H,3-6,11-12H2,1-2H3,(H,26,28). The average Bonchev–Trinajstić information content (AvgIpc) is 2.78. The smallest absolute Gasteiger partial charge is 0.251 e. The zero-order valence-electron chi connectivity index (χ0n) is 17.3. The topological polar surface area (TPSA) is 60.5 Å². The molecule has 4 rings (SSSR count). The van der Waals surface area contributed by atoms with Crippen LogP contribution in [0.2, 0.25) is 5.02 Å². The summed E-state index contributed by atoms with van der Waals surface area (Å²) in [7, 11) is 3.26. The Bertz CT molecular complexity index is 1100. The van der Waals surface area contributed by atoms with Crippen LogP contribution >= 0.6 is 11.6 Å². The number of fused-ring (bicyclic) bond motifs is 2. The molecule has 1 aromatic heterocycles. The number of aromatic nitrogens is 1. The van der Waals surface area contributed by atoms with E-state index in [-0.39, 0.29) is 5.91 Å². The maximum Gasteiger partial charge on any atom is 0.251 e. The maximum absolute atomic E-state index is 12.7. The van der Waals surface area contributed by atoms with Crippen LogP contribution in [0.25, 0.3) is 10.9 Å². The Morgan fingerprint density at radius 1 is 1.10 bits per heavy atom. The van der Waals surface area contributed by atoms with Crippen LogP contribution in [0.5, 0.6) is 11.5 Å². The Kier molecular flexibility index (Phi) is 6.09. The van der Waals surface area contributed by atoms with Gasteiger partial charge in [-0.25, -0.2) is 0 Å². The Labute approximate surface area is 181 Å². The van der Waals surface area contributed by atoms with Crippen LogP contribution in [0.1, 0.15) is 40.0 Å². The van der Waals surface area contributed by atoms with Gasteiger partial charge in [0.1, 0.15) is 11.5 Å². The largest absolute Gasteiger partial charge is 0.497 e. The van der Waals surface area contributed by atoms with Crippen LogP contribution in [-0.2, 0) is 19.3 Å². The summed E-state index contributed by atoms with van der Waals surface area (Å²) in [4.78, 5) is 17.5. The third-order valence-corrected chi connectivity index (χ3v) is 6.05. The molecule has 2 aromatic carbocycles. The highest BCUT2D eigenvalue weighted by Crippen LogP contribution is 2.33. The number of rotatable bonds is 6. The Balaban J connectivity index is 1.49. The second-order valence-corrected chi connectivity index (χ2v) is 7.85. The minimum Gasteiger partial charge on any atom is -0.497 e. The summed E-state index contributed by atoms with van der Waals surface area (Å²) in [5.74, 6) is 1.41. The summed E-state index contributed by atoms with van der Waals surface area (Å²) < 4.78 is 10.7. The third-order valence-electron chi connectivity index (χ3n) is 5.62. The van der Waals surface area contributed by atoms with Crippen molar-refractivity contribution in [3.8, 4) is 11.5 Å². The van der Waals surface area contributed by atoms with Gasteiger partial charge in [-0.1, -0.05) is 17.7 Å². The predicted octanol–water partition coefficient (Wildman–Crippen LogP) is 4.76. The monoisotopic (exact) mass is 424 g/mol. The molecule has 5 nitrogen and oxygen atoms in total. The van der Waals surface area contributed by atoms with Gasteiger partial charge >= 0.3 is 0 Å². The number of hydrogen-bond acceptors (Lipinski definition) is 4. The molecule has 1 aliphatic rings. The first kappa shape index (κ1) is 20.5. The molecule has 0 bridgehead atoms. The fraction of sp³-hybridized carbons (Fsp3) is 0.333. The van der Waals surface area contributed by atoms with Gasteiger partial charge < -0.3 is 14.8 Å². The first-order valence-electron chi connectivity index (χ1n) is 10.2. The van der Waals surface area contributed by atoms with Gasteiger partial charge in [0.15, 0.2) is 0 Å². The zero-order valence-corrected chi connectivity index (χ0v) is 18.0. The molecule has 0 atom stereocenters. The van der Waals surface area contributed by atoms with Gasteiger partial charge in [-0.05, 0) is 73.6 Å². The van der Waals surface area contributed by atoms with E-state index in [0.29, 0.717) is 18.5 Å². The number of pyridine rings is 1. The number of ether oxygens (including phenoxy) is 2. The summed E-state index contributed by atoms with van der Waals surface area (Å²) in [5.41, 5.74) is 4.58. The Morgan fingerprint density at radius 3 is 2.73 bits per heavy atom. The third kappa shape index (κ3) is 4.08. The molecule has 0 saturated carbocycles. The van der Waals surface area contributed by atoms with E-state index in [4.69, 9.17) is 26.1 Å². The molecule has 0 spiro atoms. The van der Waals surface area contributed by atoms with Crippen LogP contribution < -0.4 is 14.8 Å². The van der Waals surface area contributed by atoms with Crippen molar-refractivity contribution in [1.29, 1.82) is 0 Å². The van der Waals surface area contributed by atoms with Crippen molar-refractivity contribution in [2.45, 2.75) is 32.1 Å². The second-order valence-electron chi connectivity index (χ2n) is 7.47. The van der Waals surface area contributed by atoms with Crippen molar-refractivity contribution in [2.24, 2.45) is 0 Å². The highest BCUT2D eigenvalue weighted by molar-refractivity contribution is 6.36. The molecular formula is C24H25ClN2O3. The van der Waals surface area contributed by atoms with Crippen molar-refractivity contribution >= 4 is 28.4 Å². The number of benzene rings is 2. The van der Waals surface area contributed by atoms with Crippen LogP contribution in [0.3, 0.4) is 0 Å². The lowest BCUT2D eigenvalue weighted by Gasteiger charge is -2.18. The first-order chi connectivity index (χ1) is 14.6. The SMILES string of the molecule is COc1ccc(OC)c(CCNC(=O)c2ccc3c(Cl)c4c(nc3c2)CCCC4)c1. The lowest BCUT2D eigenvalue weighted by molar-refractivity contribution is 0.0954. The molecule has 0 radical (unpaired) electrons. The minimum absolute atomic E-state index is 0.130. The second kappa shape index (κ2) is 8.92.